The summed E-state index contributed by atoms with van der Waals surface area (Å²) < 4.78 is 61.3. The van der Waals surface area contributed by atoms with Gasteiger partial charge in [0.05, 0.1) is 0 Å². The van der Waals surface area contributed by atoms with Gasteiger partial charge in [-0.1, -0.05) is 0 Å². The van der Waals surface area contributed by atoms with Crippen LogP contribution in [0.15, 0.2) is 12.1 Å². The molecule has 12 heteroatoms. The molecule has 1 rings (SSSR count). The number of hydrogen-bond acceptors (Lipinski definition) is 6. The Bertz CT molecular complexity index is 635. The van der Waals surface area contributed by atoms with Crippen molar-refractivity contribution < 1.29 is 45.6 Å². The molecule has 8 nitrogen and oxygen atoms in total. The fourth-order valence-electron chi connectivity index (χ4n) is 0.947. The first-order chi connectivity index (χ1) is 8.94. The van der Waals surface area contributed by atoms with E-state index in [2.05, 4.69) is 9.17 Å². The highest BCUT2D eigenvalue weighted by atomic mass is 32.2. The lowest BCUT2D eigenvalue weighted by molar-refractivity contribution is -0.0500. The van der Waals surface area contributed by atoms with Gasteiger partial charge in [0.2, 0.25) is 0 Å². The number of carboxylic acid groups (broad SMARTS) is 2. The second-order valence-corrected chi connectivity index (χ2v) is 4.70. The van der Waals surface area contributed by atoms with Crippen molar-refractivity contribution in [2.24, 2.45) is 0 Å². The molecule has 0 aliphatic rings. The second kappa shape index (κ2) is 4.96. The highest BCUT2D eigenvalue weighted by molar-refractivity contribution is 7.88. The molecule has 0 aliphatic heterocycles. The van der Waals surface area contributed by atoms with E-state index in [0.717, 1.165) is 0 Å². The molecule has 0 amide bonds. The summed E-state index contributed by atoms with van der Waals surface area (Å²) in [6, 6.07) is 0.691. The van der Waals surface area contributed by atoms with Gasteiger partial charge in [-0.3, -0.25) is 0 Å². The number of pyridine rings is 1. The summed E-state index contributed by atoms with van der Waals surface area (Å²) in [5.74, 6) is -4.68. The molecular weight excluding hydrogens is 311 g/mol. The van der Waals surface area contributed by atoms with Crippen molar-refractivity contribution in [3.05, 3.63) is 23.5 Å². The van der Waals surface area contributed by atoms with Crippen molar-refractivity contribution in [3.63, 3.8) is 0 Å². The fourth-order valence-corrected chi connectivity index (χ4v) is 1.39. The Balaban J connectivity index is 3.33. The average molecular weight is 315 g/mol. The van der Waals surface area contributed by atoms with E-state index in [4.69, 9.17) is 10.2 Å². The Labute approximate surface area is 108 Å². The van der Waals surface area contributed by atoms with Crippen LogP contribution in [0.25, 0.3) is 0 Å². The molecule has 0 aliphatic carbocycles. The normalized spacial score (nSPS) is 11.9. The second-order valence-electron chi connectivity index (χ2n) is 3.17. The van der Waals surface area contributed by atoms with E-state index in [1.165, 1.54) is 0 Å². The Morgan fingerprint density at radius 1 is 1.10 bits per heavy atom. The van der Waals surface area contributed by atoms with Crippen LogP contribution in [0.3, 0.4) is 0 Å². The van der Waals surface area contributed by atoms with Crippen LogP contribution in [-0.4, -0.2) is 41.1 Å². The standard InChI is InChI=1S/C8H4F3NO7S/c9-8(10,11)20(17,18)19-3-1-4(6(13)14)12-5(2-3)7(15)16/h1-2H,(H,13,14)(H,15,16). The lowest BCUT2D eigenvalue weighted by atomic mass is 10.3. The van der Waals surface area contributed by atoms with E-state index in [-0.39, 0.29) is 0 Å². The van der Waals surface area contributed by atoms with Gasteiger partial charge >= 0.3 is 27.6 Å². The lowest BCUT2D eigenvalue weighted by Crippen LogP contribution is -2.28. The predicted molar refractivity (Wildman–Crippen MR) is 53.8 cm³/mol. The molecule has 0 unspecified atom stereocenters. The van der Waals surface area contributed by atoms with Crippen LogP contribution < -0.4 is 4.18 Å². The molecule has 0 aromatic carbocycles. The maximum Gasteiger partial charge on any atom is 0.534 e. The number of nitrogens with zero attached hydrogens (tertiary/aromatic N) is 1. The van der Waals surface area contributed by atoms with E-state index >= 15 is 0 Å². The van der Waals surface area contributed by atoms with E-state index in [9.17, 15) is 31.2 Å². The van der Waals surface area contributed by atoms with Gasteiger partial charge < -0.3 is 14.4 Å². The van der Waals surface area contributed by atoms with Gasteiger partial charge in [-0.25, -0.2) is 14.6 Å². The molecule has 1 aromatic rings. The number of carboxylic acids is 2. The molecule has 1 aromatic heterocycles. The van der Waals surface area contributed by atoms with Gasteiger partial charge in [0.1, 0.15) is 5.75 Å². The zero-order chi connectivity index (χ0) is 15.7. The van der Waals surface area contributed by atoms with E-state index in [1.54, 1.807) is 0 Å². The highest BCUT2D eigenvalue weighted by Crippen LogP contribution is 2.27. The van der Waals surface area contributed by atoms with Crippen molar-refractivity contribution >= 4 is 22.1 Å². The van der Waals surface area contributed by atoms with Gasteiger partial charge in [-0.05, 0) is 0 Å². The first kappa shape index (κ1) is 15.7. The molecular formula is C8H4F3NO7S. The Kier molecular flexibility index (Phi) is 3.89. The van der Waals surface area contributed by atoms with E-state index in [1.807, 2.05) is 0 Å². The van der Waals surface area contributed by atoms with Gasteiger partial charge in [0.15, 0.2) is 11.4 Å². The first-order valence-electron chi connectivity index (χ1n) is 4.43. The monoisotopic (exact) mass is 315 g/mol. The quantitative estimate of drug-likeness (QED) is 0.613. The molecule has 0 saturated carbocycles. The third-order valence-corrected chi connectivity index (χ3v) is 2.71. The average Bonchev–Trinajstić information content (AvgIpc) is 2.26. The summed E-state index contributed by atoms with van der Waals surface area (Å²) in [6.45, 7) is 0. The third kappa shape index (κ3) is 3.34. The Morgan fingerprint density at radius 2 is 1.50 bits per heavy atom. The molecule has 0 radical (unpaired) electrons. The van der Waals surface area contributed by atoms with Crippen LogP contribution in [0.5, 0.6) is 5.75 Å². The minimum atomic E-state index is -6.05. The first-order valence-corrected chi connectivity index (χ1v) is 5.84. The van der Waals surface area contributed by atoms with Crippen molar-refractivity contribution in [2.45, 2.75) is 5.51 Å². The molecule has 0 bridgehead atoms. The van der Waals surface area contributed by atoms with Crippen LogP contribution in [0, 0.1) is 0 Å². The van der Waals surface area contributed by atoms with Crippen LogP contribution in [0.2, 0.25) is 0 Å². The third-order valence-electron chi connectivity index (χ3n) is 1.73. The summed E-state index contributed by atoms with van der Waals surface area (Å²) in [6.07, 6.45) is 0. The summed E-state index contributed by atoms with van der Waals surface area (Å²) in [7, 11) is -6.05. The van der Waals surface area contributed by atoms with Crippen LogP contribution in [-0.2, 0) is 10.1 Å². The molecule has 0 fully saturated rings. The van der Waals surface area contributed by atoms with Crippen LogP contribution in [0.1, 0.15) is 21.0 Å². The zero-order valence-corrected chi connectivity index (χ0v) is 9.90. The van der Waals surface area contributed by atoms with Gasteiger partial charge in [-0.2, -0.15) is 21.6 Å². The molecule has 2 N–H and O–H groups in total. The molecule has 0 saturated heterocycles. The van der Waals surface area contributed by atoms with Gasteiger partial charge in [0, 0.05) is 12.1 Å². The number of aromatic nitrogens is 1. The minimum absolute atomic E-state index is 0.345. The molecule has 110 valence electrons. The maximum absolute atomic E-state index is 12.1. The summed E-state index contributed by atoms with van der Waals surface area (Å²) in [4.78, 5) is 24.3. The summed E-state index contributed by atoms with van der Waals surface area (Å²) in [5.41, 5.74) is -7.72. The summed E-state index contributed by atoms with van der Waals surface area (Å²) in [5, 5.41) is 17.2. The topological polar surface area (TPSA) is 131 Å². The van der Waals surface area contributed by atoms with Crippen molar-refractivity contribution in [1.82, 2.24) is 4.98 Å². The van der Waals surface area contributed by atoms with Gasteiger partial charge in [-0.15, -0.1) is 0 Å². The lowest BCUT2D eigenvalue weighted by Gasteiger charge is -2.10. The number of hydrogen-bond donors (Lipinski definition) is 2. The van der Waals surface area contributed by atoms with Crippen molar-refractivity contribution in [1.29, 1.82) is 0 Å². The smallest absolute Gasteiger partial charge is 0.477 e. The number of rotatable bonds is 4. The SMILES string of the molecule is O=C(O)c1cc(OS(=O)(=O)C(F)(F)F)cc(C(=O)O)n1. The van der Waals surface area contributed by atoms with Gasteiger partial charge in [0.25, 0.3) is 0 Å². The number of halogens is 3. The highest BCUT2D eigenvalue weighted by Gasteiger charge is 2.48. The zero-order valence-electron chi connectivity index (χ0n) is 9.08. The molecule has 0 atom stereocenters. The maximum atomic E-state index is 12.1. The van der Waals surface area contributed by atoms with Crippen molar-refractivity contribution in [3.8, 4) is 5.75 Å². The van der Waals surface area contributed by atoms with Crippen LogP contribution >= 0.6 is 0 Å². The largest absolute Gasteiger partial charge is 0.534 e. The molecule has 20 heavy (non-hydrogen) atoms. The Hall–Kier alpha value is -2.37. The summed E-state index contributed by atoms with van der Waals surface area (Å²) >= 11 is 0. The van der Waals surface area contributed by atoms with E-state index < -0.39 is 44.7 Å². The fraction of sp³-hybridized carbons (Fsp3) is 0.125. The predicted octanol–water partition coefficient (Wildman–Crippen LogP) is 0.706. The molecule has 0 spiro atoms. The minimum Gasteiger partial charge on any atom is -0.477 e. The van der Waals surface area contributed by atoms with Crippen LogP contribution in [0.4, 0.5) is 13.2 Å². The van der Waals surface area contributed by atoms with E-state index in [0.29, 0.717) is 12.1 Å². The Morgan fingerprint density at radius 3 is 1.80 bits per heavy atom. The number of alkyl halides is 3. The molecule has 1 heterocycles. The van der Waals surface area contributed by atoms with Crippen molar-refractivity contribution in [2.75, 3.05) is 0 Å². The number of aromatic carboxylic acids is 2. The number of carbonyl (C=O) groups is 2.